The summed E-state index contributed by atoms with van der Waals surface area (Å²) in [6.07, 6.45) is -2.13. The molecule has 2 heterocycles. The SMILES string of the molecule is Cc1cc(NC(=O)C(=O)N2C[C@@H](C)CC[C@@H]2c2cc(Cl)cc(C(F)(F)F)c2)cnc1N. The highest BCUT2D eigenvalue weighted by Gasteiger charge is 2.37. The first kappa shape index (κ1) is 22.9. The van der Waals surface area contributed by atoms with Gasteiger partial charge in [0.2, 0.25) is 0 Å². The van der Waals surface area contributed by atoms with Gasteiger partial charge in [0.1, 0.15) is 5.82 Å². The summed E-state index contributed by atoms with van der Waals surface area (Å²) >= 11 is 5.93. The molecule has 2 amide bonds. The molecule has 1 fully saturated rings. The van der Waals surface area contributed by atoms with Crippen molar-refractivity contribution in [2.24, 2.45) is 5.92 Å². The molecule has 0 radical (unpaired) electrons. The van der Waals surface area contributed by atoms with Gasteiger partial charge in [0.05, 0.1) is 23.5 Å². The minimum absolute atomic E-state index is 0.0799. The molecule has 1 aliphatic heterocycles. The van der Waals surface area contributed by atoms with Crippen molar-refractivity contribution >= 4 is 34.9 Å². The Morgan fingerprint density at radius 1 is 1.23 bits per heavy atom. The third kappa shape index (κ3) is 5.28. The number of amides is 2. The van der Waals surface area contributed by atoms with Crippen molar-refractivity contribution in [3.63, 3.8) is 0 Å². The Bertz CT molecular complexity index is 1010. The molecular formula is C21H22ClF3N4O2. The van der Waals surface area contributed by atoms with E-state index >= 15 is 0 Å². The van der Waals surface area contributed by atoms with Crippen molar-refractivity contribution in [3.05, 3.63) is 52.2 Å². The minimum Gasteiger partial charge on any atom is -0.383 e. The van der Waals surface area contributed by atoms with E-state index in [9.17, 15) is 22.8 Å². The molecule has 0 unspecified atom stereocenters. The molecule has 0 bridgehead atoms. The zero-order valence-electron chi connectivity index (χ0n) is 17.0. The molecule has 0 aliphatic carbocycles. The summed E-state index contributed by atoms with van der Waals surface area (Å²) < 4.78 is 39.7. The Balaban J connectivity index is 1.88. The van der Waals surface area contributed by atoms with Crippen LogP contribution in [0.4, 0.5) is 24.7 Å². The second-order valence-corrected chi connectivity index (χ2v) is 8.24. The van der Waals surface area contributed by atoms with Crippen molar-refractivity contribution in [1.29, 1.82) is 0 Å². The van der Waals surface area contributed by atoms with E-state index in [4.69, 9.17) is 17.3 Å². The first-order valence-corrected chi connectivity index (χ1v) is 10.0. The van der Waals surface area contributed by atoms with Gasteiger partial charge in [-0.3, -0.25) is 9.59 Å². The molecular weight excluding hydrogens is 433 g/mol. The number of carbonyl (C=O) groups excluding carboxylic acids is 2. The van der Waals surface area contributed by atoms with Gasteiger partial charge in [-0.1, -0.05) is 18.5 Å². The molecule has 0 spiro atoms. The summed E-state index contributed by atoms with van der Waals surface area (Å²) in [6.45, 7) is 3.87. The zero-order chi connectivity index (χ0) is 22.9. The van der Waals surface area contributed by atoms with Crippen molar-refractivity contribution in [2.45, 2.75) is 38.9 Å². The van der Waals surface area contributed by atoms with E-state index in [2.05, 4.69) is 10.3 Å². The average Bonchev–Trinajstić information content (AvgIpc) is 2.69. The number of alkyl halides is 3. The normalized spacial score (nSPS) is 19.2. The third-order valence-electron chi connectivity index (χ3n) is 5.28. The number of nitrogens with one attached hydrogen (secondary N) is 1. The Morgan fingerprint density at radius 3 is 2.58 bits per heavy atom. The van der Waals surface area contributed by atoms with E-state index in [1.54, 1.807) is 13.0 Å². The number of aromatic nitrogens is 1. The number of nitrogens with two attached hydrogens (primary N) is 1. The lowest BCUT2D eigenvalue weighted by molar-refractivity contribution is -0.146. The molecule has 1 saturated heterocycles. The Morgan fingerprint density at radius 2 is 1.94 bits per heavy atom. The number of piperidine rings is 1. The van der Waals surface area contributed by atoms with E-state index in [1.807, 2.05) is 6.92 Å². The molecule has 0 saturated carbocycles. The highest BCUT2D eigenvalue weighted by Crippen LogP contribution is 2.38. The molecule has 10 heteroatoms. The number of halogens is 4. The topological polar surface area (TPSA) is 88.3 Å². The molecule has 2 atom stereocenters. The summed E-state index contributed by atoms with van der Waals surface area (Å²) in [6, 6.07) is 4.11. The maximum atomic E-state index is 13.2. The van der Waals surface area contributed by atoms with Crippen LogP contribution >= 0.6 is 11.6 Å². The number of aryl methyl sites for hydroxylation is 1. The number of hydrogen-bond acceptors (Lipinski definition) is 4. The molecule has 3 N–H and O–H groups in total. The van der Waals surface area contributed by atoms with Gasteiger partial charge in [0, 0.05) is 11.6 Å². The van der Waals surface area contributed by atoms with Crippen molar-refractivity contribution in [3.8, 4) is 0 Å². The summed E-state index contributed by atoms with van der Waals surface area (Å²) in [5, 5.41) is 2.41. The fourth-order valence-electron chi connectivity index (χ4n) is 3.66. The maximum absolute atomic E-state index is 13.2. The third-order valence-corrected chi connectivity index (χ3v) is 5.50. The second-order valence-electron chi connectivity index (χ2n) is 7.81. The van der Waals surface area contributed by atoms with Gasteiger partial charge in [-0.25, -0.2) is 4.98 Å². The van der Waals surface area contributed by atoms with Gasteiger partial charge in [-0.05, 0) is 61.1 Å². The number of pyridine rings is 1. The number of nitrogens with zero attached hydrogens (tertiary/aromatic N) is 2. The maximum Gasteiger partial charge on any atom is 0.416 e. The van der Waals surface area contributed by atoms with Crippen LogP contribution in [0.25, 0.3) is 0 Å². The molecule has 31 heavy (non-hydrogen) atoms. The largest absolute Gasteiger partial charge is 0.416 e. The van der Waals surface area contributed by atoms with Crippen molar-refractivity contribution < 1.29 is 22.8 Å². The summed E-state index contributed by atoms with van der Waals surface area (Å²) in [5.74, 6) is -1.34. The van der Waals surface area contributed by atoms with Gasteiger partial charge >= 0.3 is 18.0 Å². The van der Waals surface area contributed by atoms with Crippen LogP contribution in [0, 0.1) is 12.8 Å². The standard InChI is InChI=1S/C21H22ClF3N4O2/c1-11-3-4-17(13-6-14(21(23,24)25)8-15(22)7-13)29(10-11)20(31)19(30)28-16-5-12(2)18(26)27-9-16/h5-9,11,17H,3-4,10H2,1-2H3,(H2,26,27)(H,28,30)/t11-,17+/m0/s1. The van der Waals surface area contributed by atoms with Crippen LogP contribution in [0.3, 0.4) is 0 Å². The first-order valence-electron chi connectivity index (χ1n) is 9.67. The Hall–Kier alpha value is -2.81. The summed E-state index contributed by atoms with van der Waals surface area (Å²) in [5.41, 5.74) is 5.95. The molecule has 3 rings (SSSR count). The lowest BCUT2D eigenvalue weighted by atomic mass is 9.89. The quantitative estimate of drug-likeness (QED) is 0.650. The lowest BCUT2D eigenvalue weighted by Crippen LogP contribution is -2.46. The van der Waals surface area contributed by atoms with Crippen LogP contribution < -0.4 is 11.1 Å². The van der Waals surface area contributed by atoms with Crippen LogP contribution in [-0.4, -0.2) is 28.2 Å². The van der Waals surface area contributed by atoms with Crippen LogP contribution in [-0.2, 0) is 15.8 Å². The number of anilines is 2. The second kappa shape index (κ2) is 8.74. The predicted octanol–water partition coefficient (Wildman–Crippen LogP) is 4.58. The molecule has 1 aromatic carbocycles. The number of hydrogen-bond donors (Lipinski definition) is 2. The van der Waals surface area contributed by atoms with E-state index < -0.39 is 29.6 Å². The van der Waals surface area contributed by atoms with E-state index in [1.165, 1.54) is 17.2 Å². The van der Waals surface area contributed by atoms with Crippen molar-refractivity contribution in [1.82, 2.24) is 9.88 Å². The number of carbonyl (C=O) groups is 2. The summed E-state index contributed by atoms with van der Waals surface area (Å²) in [7, 11) is 0. The minimum atomic E-state index is -4.58. The zero-order valence-corrected chi connectivity index (χ0v) is 17.7. The van der Waals surface area contributed by atoms with Gasteiger partial charge in [0.25, 0.3) is 0 Å². The molecule has 1 aromatic heterocycles. The summed E-state index contributed by atoms with van der Waals surface area (Å²) in [4.78, 5) is 30.8. The highest BCUT2D eigenvalue weighted by molar-refractivity contribution is 6.39. The number of benzene rings is 1. The number of nitrogen functional groups attached to an aromatic ring is 1. The van der Waals surface area contributed by atoms with Gasteiger partial charge in [-0.2, -0.15) is 13.2 Å². The molecule has 6 nitrogen and oxygen atoms in total. The molecule has 1 aliphatic rings. The fourth-order valence-corrected chi connectivity index (χ4v) is 3.90. The van der Waals surface area contributed by atoms with Gasteiger partial charge in [0.15, 0.2) is 0 Å². The van der Waals surface area contributed by atoms with Crippen LogP contribution in [0.2, 0.25) is 5.02 Å². The lowest BCUT2D eigenvalue weighted by Gasteiger charge is -2.38. The average molecular weight is 455 g/mol. The predicted molar refractivity (Wildman–Crippen MR) is 111 cm³/mol. The Kier molecular flexibility index (Phi) is 6.45. The van der Waals surface area contributed by atoms with E-state index in [-0.39, 0.29) is 23.0 Å². The monoisotopic (exact) mass is 454 g/mol. The van der Waals surface area contributed by atoms with Gasteiger partial charge in [-0.15, -0.1) is 0 Å². The molecule has 2 aromatic rings. The highest BCUT2D eigenvalue weighted by atomic mass is 35.5. The van der Waals surface area contributed by atoms with Crippen LogP contribution in [0.15, 0.2) is 30.5 Å². The number of likely N-dealkylation sites (tertiary alicyclic amines) is 1. The fraction of sp³-hybridized carbons (Fsp3) is 0.381. The van der Waals surface area contributed by atoms with Gasteiger partial charge < -0.3 is 16.0 Å². The van der Waals surface area contributed by atoms with Crippen molar-refractivity contribution in [2.75, 3.05) is 17.6 Å². The van der Waals surface area contributed by atoms with E-state index in [0.29, 0.717) is 29.9 Å². The van der Waals surface area contributed by atoms with E-state index in [0.717, 1.165) is 12.1 Å². The number of rotatable bonds is 2. The first-order chi connectivity index (χ1) is 14.5. The smallest absolute Gasteiger partial charge is 0.383 e. The Labute approximate surface area is 182 Å². The van der Waals surface area contributed by atoms with Crippen LogP contribution in [0.5, 0.6) is 0 Å². The molecule has 166 valence electrons. The van der Waals surface area contributed by atoms with Crippen LogP contribution in [0.1, 0.15) is 42.5 Å².